The molecule has 0 aromatic rings. The molecule has 0 heterocycles. The van der Waals surface area contributed by atoms with E-state index in [9.17, 15) is 4.79 Å². The number of alkyl halides is 1. The Balaban J connectivity index is 2.83. The summed E-state index contributed by atoms with van der Waals surface area (Å²) in [4.78, 5) is 9.85. The molecule has 38 valence electrons. The van der Waals surface area contributed by atoms with Crippen LogP contribution < -0.4 is 5.73 Å². The third kappa shape index (κ3) is 4.93. The zero-order valence-electron chi connectivity index (χ0n) is 2.98. The van der Waals surface area contributed by atoms with E-state index < -0.39 is 0 Å². The van der Waals surface area contributed by atoms with Gasteiger partial charge in [-0.15, -0.1) is 0 Å². The Morgan fingerprint density at radius 2 is 2.50 bits per heavy atom. The van der Waals surface area contributed by atoms with Gasteiger partial charge < -0.3 is 0 Å². The van der Waals surface area contributed by atoms with Gasteiger partial charge in [-0.1, -0.05) is 0 Å². The van der Waals surface area contributed by atoms with Gasteiger partial charge in [0.15, 0.2) is 0 Å². The number of amides is 1. The van der Waals surface area contributed by atoms with E-state index in [0.717, 1.165) is 0 Å². The van der Waals surface area contributed by atoms with Gasteiger partial charge in [0, 0.05) is 0 Å². The van der Waals surface area contributed by atoms with E-state index >= 15 is 0 Å². The summed E-state index contributed by atoms with van der Waals surface area (Å²) in [5, 5.41) is 0. The average Bonchev–Trinajstić information content (AvgIpc) is 1.35. The fraction of sp³-hybridized carbons (Fsp3) is 0.500. The molecule has 0 aromatic carbocycles. The predicted molar refractivity (Wildman–Crippen MR) is 43.5 cm³/mol. The van der Waals surface area contributed by atoms with Gasteiger partial charge in [0.2, 0.25) is 0 Å². The molecular weight excluding hydrogens is 308 g/mol. The minimum atomic E-state index is -0.160. The molecule has 0 radical (unpaired) electrons. The SMILES string of the molecule is NC(=O)C[IH]I. The van der Waals surface area contributed by atoms with Gasteiger partial charge in [0.1, 0.15) is 0 Å². The maximum atomic E-state index is 9.85. The van der Waals surface area contributed by atoms with E-state index in [0.29, 0.717) is 4.43 Å². The Bertz CT molecular complexity index is 55.5. The van der Waals surface area contributed by atoms with E-state index in [1.54, 1.807) is 0 Å². The van der Waals surface area contributed by atoms with Crippen molar-refractivity contribution in [3.63, 3.8) is 0 Å². The second kappa shape index (κ2) is 4.10. The second-order valence-corrected chi connectivity index (χ2v) is 6.34. The van der Waals surface area contributed by atoms with Crippen LogP contribution in [0.3, 0.4) is 0 Å². The Hall–Kier alpha value is 0.930. The zero-order chi connectivity index (χ0) is 4.99. The molecule has 2 nitrogen and oxygen atoms in total. The van der Waals surface area contributed by atoms with Crippen LogP contribution in [0.2, 0.25) is 0 Å². The van der Waals surface area contributed by atoms with Crippen molar-refractivity contribution < 1.29 is 4.79 Å². The van der Waals surface area contributed by atoms with Gasteiger partial charge in [-0.3, -0.25) is 0 Å². The monoisotopic (exact) mass is 313 g/mol. The molecule has 0 aromatic heterocycles. The van der Waals surface area contributed by atoms with Crippen molar-refractivity contribution in [2.75, 3.05) is 4.43 Å². The number of carbonyl (C=O) groups excluding carboxylic acids is 1. The summed E-state index contributed by atoms with van der Waals surface area (Å²) in [6.45, 7) is 0. The topological polar surface area (TPSA) is 43.1 Å². The molecule has 2 N–H and O–H groups in total. The van der Waals surface area contributed by atoms with Crippen LogP contribution >= 0.6 is 35.8 Å². The zero-order valence-corrected chi connectivity index (χ0v) is 7.47. The molecule has 0 unspecified atom stereocenters. The van der Waals surface area contributed by atoms with Crippen LogP contribution in [0, 0.1) is 0 Å². The van der Waals surface area contributed by atoms with Crippen LogP contribution in [0.5, 0.6) is 0 Å². The Morgan fingerprint density at radius 1 is 2.00 bits per heavy atom. The number of halogens is 2. The van der Waals surface area contributed by atoms with E-state index in [1.807, 2.05) is 0 Å². The van der Waals surface area contributed by atoms with Gasteiger partial charge in [0.05, 0.1) is 0 Å². The number of nitrogens with two attached hydrogens (primary N) is 1. The van der Waals surface area contributed by atoms with Crippen molar-refractivity contribution in [2.24, 2.45) is 5.73 Å². The maximum absolute atomic E-state index is 9.85. The quantitative estimate of drug-likeness (QED) is 0.586. The first-order chi connectivity index (χ1) is 2.77. The van der Waals surface area contributed by atoms with Crippen LogP contribution in [-0.2, 0) is 4.79 Å². The predicted octanol–water partition coefficient (Wildman–Crippen LogP) is 0.525. The number of hydrogen-bond donors (Lipinski definition) is 1. The second-order valence-electron chi connectivity index (χ2n) is 0.720. The summed E-state index contributed by atoms with van der Waals surface area (Å²) < 4.78 is 0.631. The first-order valence-electron chi connectivity index (χ1n) is 1.29. The first-order valence-corrected chi connectivity index (χ1v) is 9.73. The molecule has 0 aliphatic rings. The summed E-state index contributed by atoms with van der Waals surface area (Å²) in [5.41, 5.74) is 4.79. The minimum absolute atomic E-state index is 0.0763. The Labute approximate surface area is 56.3 Å². The van der Waals surface area contributed by atoms with Crippen LogP contribution in [0.25, 0.3) is 0 Å². The summed E-state index contributed by atoms with van der Waals surface area (Å²) in [6, 6.07) is 0. The molecule has 0 atom stereocenters. The molecule has 0 aliphatic carbocycles. The normalized spacial score (nSPS) is 8.83. The molecule has 0 fully saturated rings. The average molecular weight is 313 g/mol. The van der Waals surface area contributed by atoms with Gasteiger partial charge in [-0.2, -0.15) is 0 Å². The third-order valence-electron chi connectivity index (χ3n) is 0.197. The summed E-state index contributed by atoms with van der Waals surface area (Å²) >= 11 is 2.16. The number of rotatable bonds is 2. The molecule has 0 rings (SSSR count). The van der Waals surface area contributed by atoms with E-state index in [4.69, 9.17) is 5.73 Å². The van der Waals surface area contributed by atoms with E-state index in [-0.39, 0.29) is 23.1 Å². The molecular formula is C2H5I2NO. The molecule has 6 heavy (non-hydrogen) atoms. The van der Waals surface area contributed by atoms with Crippen molar-refractivity contribution in [1.29, 1.82) is 0 Å². The molecule has 0 aliphatic heterocycles. The van der Waals surface area contributed by atoms with Gasteiger partial charge in [-0.25, -0.2) is 0 Å². The molecule has 4 heteroatoms. The third-order valence-corrected chi connectivity index (χ3v) is 3.41. The molecule has 0 bridgehead atoms. The Morgan fingerprint density at radius 3 is 2.50 bits per heavy atom. The summed E-state index contributed by atoms with van der Waals surface area (Å²) in [7, 11) is 0. The fourth-order valence-electron chi connectivity index (χ4n) is 0.0538. The first kappa shape index (κ1) is 6.93. The number of primary amides is 1. The van der Waals surface area contributed by atoms with Gasteiger partial charge in [0.25, 0.3) is 0 Å². The van der Waals surface area contributed by atoms with Crippen LogP contribution in [-0.4, -0.2) is 10.3 Å². The summed E-state index contributed by atoms with van der Waals surface area (Å²) in [5.74, 6) is -0.160. The van der Waals surface area contributed by atoms with Crippen molar-refractivity contribution in [3.8, 4) is 0 Å². The van der Waals surface area contributed by atoms with E-state index in [1.165, 1.54) is 0 Å². The fourth-order valence-corrected chi connectivity index (χ4v) is 2.42. The van der Waals surface area contributed by atoms with Crippen molar-refractivity contribution in [1.82, 2.24) is 0 Å². The molecule has 0 saturated heterocycles. The number of hydrogen-bond acceptors (Lipinski definition) is 1. The Kier molecular flexibility index (Phi) is 4.73. The van der Waals surface area contributed by atoms with Gasteiger partial charge >= 0.3 is 56.7 Å². The van der Waals surface area contributed by atoms with Crippen molar-refractivity contribution in [3.05, 3.63) is 0 Å². The van der Waals surface area contributed by atoms with Crippen LogP contribution in [0.1, 0.15) is 0 Å². The van der Waals surface area contributed by atoms with E-state index in [2.05, 4.69) is 18.6 Å². The van der Waals surface area contributed by atoms with Crippen molar-refractivity contribution in [2.45, 2.75) is 0 Å². The van der Waals surface area contributed by atoms with Crippen molar-refractivity contribution >= 4 is 41.8 Å². The van der Waals surface area contributed by atoms with Crippen LogP contribution in [0.4, 0.5) is 0 Å². The molecule has 1 amide bonds. The molecule has 0 saturated carbocycles. The van der Waals surface area contributed by atoms with Crippen LogP contribution in [0.15, 0.2) is 0 Å². The summed E-state index contributed by atoms with van der Waals surface area (Å²) in [6.07, 6.45) is 0. The van der Waals surface area contributed by atoms with Gasteiger partial charge in [-0.05, 0) is 0 Å². The molecule has 0 spiro atoms. The number of carbonyl (C=O) groups is 1. The standard InChI is InChI=1S/C2H5I2NO/c3-4-1-2(5)6/h4H,1H2,(H2,5,6).